The Bertz CT molecular complexity index is 306. The van der Waals surface area contributed by atoms with Crippen molar-refractivity contribution in [1.82, 2.24) is 0 Å². The second kappa shape index (κ2) is 3.87. The van der Waals surface area contributed by atoms with Crippen LogP contribution in [0.3, 0.4) is 0 Å². The van der Waals surface area contributed by atoms with Crippen molar-refractivity contribution in [2.75, 3.05) is 0 Å². The van der Waals surface area contributed by atoms with Gasteiger partial charge in [-0.25, -0.2) is 0 Å². The second-order valence-electron chi connectivity index (χ2n) is 2.31. The molecule has 0 fully saturated rings. The molecule has 0 heterocycles. The van der Waals surface area contributed by atoms with Crippen LogP contribution < -0.4 is 0 Å². The van der Waals surface area contributed by atoms with Crippen molar-refractivity contribution in [1.29, 1.82) is 0 Å². The Morgan fingerprint density at radius 2 is 2.42 bits per heavy atom. The second-order valence-corrected chi connectivity index (χ2v) is 4.69. The molecule has 0 aromatic rings. The first-order valence-corrected chi connectivity index (χ1v) is 4.89. The average molecular weight is 316 g/mol. The Kier molecular flexibility index (Phi) is 3.29. The maximum atomic E-state index is 8.24. The highest BCUT2D eigenvalue weighted by atomic mass is 127. The molecule has 6 heteroatoms. The summed E-state index contributed by atoms with van der Waals surface area (Å²) in [5, 5.41) is 4.06. The molecular formula is C6H4Cl2IN3. The van der Waals surface area contributed by atoms with E-state index >= 15 is 0 Å². The predicted molar refractivity (Wildman–Crippen MR) is 58.4 cm³/mol. The lowest BCUT2D eigenvalue weighted by Crippen LogP contribution is -2.16. The number of azide groups is 1. The van der Waals surface area contributed by atoms with Gasteiger partial charge in [-0.2, -0.15) is 0 Å². The zero-order valence-corrected chi connectivity index (χ0v) is 9.51. The van der Waals surface area contributed by atoms with Crippen molar-refractivity contribution in [3.05, 3.63) is 31.2 Å². The summed E-state index contributed by atoms with van der Waals surface area (Å²) in [6.45, 7) is 0. The highest BCUT2D eigenvalue weighted by Gasteiger charge is 2.27. The summed E-state index contributed by atoms with van der Waals surface area (Å²) < 4.78 is 0.881. The first-order chi connectivity index (χ1) is 5.56. The summed E-state index contributed by atoms with van der Waals surface area (Å²) in [6, 6.07) is 0. The Morgan fingerprint density at radius 3 is 2.92 bits per heavy atom. The Balaban J connectivity index is 2.99. The summed E-state index contributed by atoms with van der Waals surface area (Å²) in [5.41, 5.74) is 8.24. The van der Waals surface area contributed by atoms with E-state index in [1.54, 1.807) is 12.2 Å². The van der Waals surface area contributed by atoms with E-state index < -0.39 is 5.00 Å². The van der Waals surface area contributed by atoms with Crippen LogP contribution in [0.25, 0.3) is 10.4 Å². The van der Waals surface area contributed by atoms with E-state index in [0.29, 0.717) is 11.5 Å². The molecule has 1 aliphatic carbocycles. The molecule has 0 saturated carbocycles. The maximum absolute atomic E-state index is 8.24. The molecule has 1 aliphatic rings. The smallest absolute Gasteiger partial charge is 0.108 e. The van der Waals surface area contributed by atoms with Gasteiger partial charge in [-0.05, 0) is 40.3 Å². The van der Waals surface area contributed by atoms with Gasteiger partial charge in [-0.15, -0.1) is 11.6 Å². The molecule has 0 spiro atoms. The Hall–Kier alpha value is 0.1000. The number of rotatable bonds is 1. The van der Waals surface area contributed by atoms with Crippen molar-refractivity contribution < 1.29 is 0 Å². The SMILES string of the molecule is [N-]=[N+]=NC1(Cl)C=C(I)C=C(Cl)C1. The zero-order chi connectivity index (χ0) is 9.19. The summed E-state index contributed by atoms with van der Waals surface area (Å²) in [6.07, 6.45) is 3.82. The first kappa shape index (κ1) is 10.2. The zero-order valence-electron chi connectivity index (χ0n) is 5.84. The molecule has 1 atom stereocenters. The summed E-state index contributed by atoms with van der Waals surface area (Å²) >= 11 is 13.8. The molecule has 12 heavy (non-hydrogen) atoms. The fourth-order valence-corrected chi connectivity index (χ4v) is 2.82. The number of alkyl halides is 1. The molecule has 0 aromatic carbocycles. The van der Waals surface area contributed by atoms with Crippen LogP contribution in [-0.2, 0) is 0 Å². The van der Waals surface area contributed by atoms with Gasteiger partial charge in [0.1, 0.15) is 5.00 Å². The van der Waals surface area contributed by atoms with Crippen LogP contribution in [0.5, 0.6) is 0 Å². The van der Waals surface area contributed by atoms with Gasteiger partial charge in [0.2, 0.25) is 0 Å². The fraction of sp³-hybridized carbons (Fsp3) is 0.333. The lowest BCUT2D eigenvalue weighted by Gasteiger charge is -2.20. The Morgan fingerprint density at radius 1 is 1.75 bits per heavy atom. The standard InChI is InChI=1S/C6H4Cl2IN3/c7-4-1-5(9)3-6(8,2-4)11-12-10/h1,3H,2H2. The third-order valence-corrected chi connectivity index (χ3v) is 2.47. The van der Waals surface area contributed by atoms with Gasteiger partial charge in [-0.3, -0.25) is 0 Å². The summed E-state index contributed by atoms with van der Waals surface area (Å²) in [7, 11) is 0. The van der Waals surface area contributed by atoms with Gasteiger partial charge < -0.3 is 0 Å². The molecule has 1 rings (SSSR count). The average Bonchev–Trinajstić information content (AvgIpc) is 1.82. The lowest BCUT2D eigenvalue weighted by molar-refractivity contribution is 0.727. The third kappa shape index (κ3) is 2.55. The van der Waals surface area contributed by atoms with Gasteiger partial charge in [-0.1, -0.05) is 16.7 Å². The van der Waals surface area contributed by atoms with Gasteiger partial charge in [0, 0.05) is 19.9 Å². The molecule has 0 radical (unpaired) electrons. The van der Waals surface area contributed by atoms with E-state index in [2.05, 4.69) is 32.6 Å². The predicted octanol–water partition coefficient (Wildman–Crippen LogP) is 4.08. The number of allylic oxidation sites excluding steroid dienone is 2. The van der Waals surface area contributed by atoms with Crippen LogP contribution in [0.15, 0.2) is 25.9 Å². The maximum Gasteiger partial charge on any atom is 0.147 e. The highest BCUT2D eigenvalue weighted by molar-refractivity contribution is 14.1. The normalized spacial score (nSPS) is 28.6. The number of nitrogens with zero attached hydrogens (tertiary/aromatic N) is 3. The van der Waals surface area contributed by atoms with Crippen LogP contribution in [0.1, 0.15) is 6.42 Å². The monoisotopic (exact) mass is 315 g/mol. The minimum Gasteiger partial charge on any atom is -0.108 e. The van der Waals surface area contributed by atoms with Crippen LogP contribution in [0.2, 0.25) is 0 Å². The number of halogens is 3. The largest absolute Gasteiger partial charge is 0.147 e. The van der Waals surface area contributed by atoms with Crippen molar-refractivity contribution >= 4 is 45.8 Å². The van der Waals surface area contributed by atoms with Crippen molar-refractivity contribution in [2.45, 2.75) is 11.4 Å². The third-order valence-electron chi connectivity index (χ3n) is 1.28. The minimum absolute atomic E-state index is 0.354. The lowest BCUT2D eigenvalue weighted by atomic mass is 10.1. The molecule has 0 bridgehead atoms. The molecule has 1 unspecified atom stereocenters. The van der Waals surface area contributed by atoms with Crippen molar-refractivity contribution in [3.8, 4) is 0 Å². The molecule has 0 aromatic heterocycles. The van der Waals surface area contributed by atoms with E-state index in [0.717, 1.165) is 3.58 Å². The van der Waals surface area contributed by atoms with E-state index in [9.17, 15) is 0 Å². The van der Waals surface area contributed by atoms with Gasteiger partial charge in [0.15, 0.2) is 0 Å². The van der Waals surface area contributed by atoms with Crippen LogP contribution in [-0.4, -0.2) is 5.00 Å². The van der Waals surface area contributed by atoms with E-state index in [-0.39, 0.29) is 0 Å². The minimum atomic E-state index is -1.02. The fourth-order valence-electron chi connectivity index (χ4n) is 0.880. The molecule has 0 saturated heterocycles. The van der Waals surface area contributed by atoms with Gasteiger partial charge >= 0.3 is 0 Å². The molecule has 3 nitrogen and oxygen atoms in total. The highest BCUT2D eigenvalue weighted by Crippen LogP contribution is 2.36. The quantitative estimate of drug-likeness (QED) is 0.175. The van der Waals surface area contributed by atoms with Crippen molar-refractivity contribution in [2.24, 2.45) is 5.11 Å². The van der Waals surface area contributed by atoms with Crippen LogP contribution >= 0.6 is 45.8 Å². The molecule has 0 amide bonds. The van der Waals surface area contributed by atoms with Gasteiger partial charge in [0.05, 0.1) is 0 Å². The van der Waals surface area contributed by atoms with E-state index in [1.165, 1.54) is 0 Å². The number of hydrogen-bond acceptors (Lipinski definition) is 1. The summed E-state index contributed by atoms with van der Waals surface area (Å²) in [4.78, 5) is 1.64. The summed E-state index contributed by atoms with van der Waals surface area (Å²) in [5.74, 6) is 0. The molecular weight excluding hydrogens is 312 g/mol. The van der Waals surface area contributed by atoms with E-state index in [1.807, 2.05) is 0 Å². The van der Waals surface area contributed by atoms with E-state index in [4.69, 9.17) is 28.7 Å². The molecule has 0 aliphatic heterocycles. The van der Waals surface area contributed by atoms with Gasteiger partial charge in [0.25, 0.3) is 0 Å². The molecule has 64 valence electrons. The first-order valence-electron chi connectivity index (χ1n) is 3.05. The van der Waals surface area contributed by atoms with Crippen LogP contribution in [0.4, 0.5) is 0 Å². The van der Waals surface area contributed by atoms with Crippen LogP contribution in [0, 0.1) is 0 Å². The Labute approximate surface area is 93.2 Å². The topological polar surface area (TPSA) is 48.8 Å². The number of hydrogen-bond donors (Lipinski definition) is 0. The molecule has 0 N–H and O–H groups in total. The van der Waals surface area contributed by atoms with Crippen molar-refractivity contribution in [3.63, 3.8) is 0 Å².